The maximum Gasteiger partial charge on any atom is 0.180 e. The standard InChI is InChI=1S/C13H11Cl2N5/c1-16-11-7-20-5-4-17-13(20)12(19-11)18-8-2-3-9(14)10(15)6-8/h2-7,16H,1H3,(H,18,19). The number of anilines is 3. The number of imidazole rings is 1. The fourth-order valence-corrected chi connectivity index (χ4v) is 2.14. The van der Waals surface area contributed by atoms with Crippen molar-refractivity contribution in [2.45, 2.75) is 0 Å². The van der Waals surface area contributed by atoms with Gasteiger partial charge in [0.05, 0.1) is 16.2 Å². The first-order valence-electron chi connectivity index (χ1n) is 5.91. The summed E-state index contributed by atoms with van der Waals surface area (Å²) in [5.74, 6) is 1.37. The van der Waals surface area contributed by atoms with Gasteiger partial charge in [-0.2, -0.15) is 0 Å². The summed E-state index contributed by atoms with van der Waals surface area (Å²) in [4.78, 5) is 8.74. The van der Waals surface area contributed by atoms with Crippen molar-refractivity contribution in [1.82, 2.24) is 14.4 Å². The average molecular weight is 308 g/mol. The third kappa shape index (κ3) is 2.37. The van der Waals surface area contributed by atoms with Crippen LogP contribution in [0.2, 0.25) is 10.0 Å². The van der Waals surface area contributed by atoms with Gasteiger partial charge in [0.2, 0.25) is 0 Å². The number of rotatable bonds is 3. The van der Waals surface area contributed by atoms with Gasteiger partial charge in [-0.3, -0.25) is 0 Å². The van der Waals surface area contributed by atoms with E-state index in [1.165, 1.54) is 0 Å². The monoisotopic (exact) mass is 307 g/mol. The highest BCUT2D eigenvalue weighted by Crippen LogP contribution is 2.27. The Morgan fingerprint density at radius 3 is 2.80 bits per heavy atom. The molecule has 3 rings (SSSR count). The summed E-state index contributed by atoms with van der Waals surface area (Å²) < 4.78 is 1.89. The molecule has 0 radical (unpaired) electrons. The van der Waals surface area contributed by atoms with Gasteiger partial charge in [0, 0.05) is 25.1 Å². The maximum atomic E-state index is 6.01. The summed E-state index contributed by atoms with van der Waals surface area (Å²) in [6.07, 6.45) is 5.44. The van der Waals surface area contributed by atoms with Crippen LogP contribution in [-0.4, -0.2) is 21.4 Å². The molecule has 0 unspecified atom stereocenters. The number of hydrogen-bond acceptors (Lipinski definition) is 4. The Morgan fingerprint density at radius 1 is 1.20 bits per heavy atom. The van der Waals surface area contributed by atoms with Crippen molar-refractivity contribution in [3.8, 4) is 0 Å². The van der Waals surface area contributed by atoms with Gasteiger partial charge in [0.1, 0.15) is 5.82 Å². The van der Waals surface area contributed by atoms with Gasteiger partial charge >= 0.3 is 0 Å². The molecule has 0 aliphatic carbocycles. The lowest BCUT2D eigenvalue weighted by atomic mass is 10.3. The first-order chi connectivity index (χ1) is 9.67. The second kappa shape index (κ2) is 5.19. The van der Waals surface area contributed by atoms with Gasteiger partial charge < -0.3 is 15.0 Å². The van der Waals surface area contributed by atoms with E-state index in [0.29, 0.717) is 15.9 Å². The molecule has 5 nitrogen and oxygen atoms in total. The summed E-state index contributed by atoms with van der Waals surface area (Å²) in [5.41, 5.74) is 1.53. The molecule has 1 aromatic carbocycles. The molecule has 0 amide bonds. The molecule has 0 saturated carbocycles. The van der Waals surface area contributed by atoms with Crippen molar-refractivity contribution >= 4 is 46.2 Å². The van der Waals surface area contributed by atoms with Gasteiger partial charge in [-0.25, -0.2) is 9.97 Å². The smallest absolute Gasteiger partial charge is 0.180 e. The van der Waals surface area contributed by atoms with E-state index in [1.54, 1.807) is 18.3 Å². The molecule has 0 saturated heterocycles. The molecule has 20 heavy (non-hydrogen) atoms. The zero-order valence-corrected chi connectivity index (χ0v) is 12.1. The predicted octanol–water partition coefficient (Wildman–Crippen LogP) is 3.82. The van der Waals surface area contributed by atoms with Gasteiger partial charge in [0.15, 0.2) is 11.5 Å². The van der Waals surface area contributed by atoms with Crippen LogP contribution >= 0.6 is 23.2 Å². The van der Waals surface area contributed by atoms with Crippen molar-refractivity contribution in [3.05, 3.63) is 46.8 Å². The van der Waals surface area contributed by atoms with Crippen molar-refractivity contribution in [2.75, 3.05) is 17.7 Å². The molecule has 0 spiro atoms. The quantitative estimate of drug-likeness (QED) is 0.772. The van der Waals surface area contributed by atoms with Crippen LogP contribution in [0.1, 0.15) is 0 Å². The van der Waals surface area contributed by atoms with Crippen LogP contribution in [0.25, 0.3) is 5.65 Å². The number of halogens is 2. The summed E-state index contributed by atoms with van der Waals surface area (Å²) >= 11 is 11.9. The first-order valence-corrected chi connectivity index (χ1v) is 6.66. The minimum absolute atomic E-state index is 0.487. The number of fused-ring (bicyclic) bond motifs is 1. The highest BCUT2D eigenvalue weighted by molar-refractivity contribution is 6.42. The molecule has 3 aromatic rings. The summed E-state index contributed by atoms with van der Waals surface area (Å²) in [6.45, 7) is 0. The Bertz CT molecular complexity index is 769. The van der Waals surface area contributed by atoms with Crippen LogP contribution in [0.5, 0.6) is 0 Å². The topological polar surface area (TPSA) is 54.2 Å². The van der Waals surface area contributed by atoms with Crippen LogP contribution in [0, 0.1) is 0 Å². The van der Waals surface area contributed by atoms with E-state index in [2.05, 4.69) is 20.6 Å². The van der Waals surface area contributed by atoms with Crippen LogP contribution in [0.4, 0.5) is 17.3 Å². The van der Waals surface area contributed by atoms with E-state index in [4.69, 9.17) is 23.2 Å². The Hall–Kier alpha value is -1.98. The van der Waals surface area contributed by atoms with Crippen molar-refractivity contribution in [3.63, 3.8) is 0 Å². The van der Waals surface area contributed by atoms with Gasteiger partial charge in [-0.1, -0.05) is 23.2 Å². The molecule has 7 heteroatoms. The van der Waals surface area contributed by atoms with Gasteiger partial charge in [-0.05, 0) is 18.2 Å². The molecule has 0 aliphatic heterocycles. The highest BCUT2D eigenvalue weighted by Gasteiger charge is 2.08. The highest BCUT2D eigenvalue weighted by atomic mass is 35.5. The molecular weight excluding hydrogens is 297 g/mol. The van der Waals surface area contributed by atoms with E-state index in [9.17, 15) is 0 Å². The molecule has 0 aliphatic rings. The SMILES string of the molecule is CNc1cn2ccnc2c(Nc2ccc(Cl)c(Cl)c2)n1. The lowest BCUT2D eigenvalue weighted by molar-refractivity contribution is 1.12. The Morgan fingerprint density at radius 2 is 2.05 bits per heavy atom. The second-order valence-corrected chi connectivity index (χ2v) is 4.95. The third-order valence-corrected chi connectivity index (χ3v) is 3.55. The van der Waals surface area contributed by atoms with Gasteiger partial charge in [0.25, 0.3) is 0 Å². The molecule has 2 heterocycles. The largest absolute Gasteiger partial charge is 0.372 e. The fourth-order valence-electron chi connectivity index (χ4n) is 1.85. The average Bonchev–Trinajstić information content (AvgIpc) is 2.91. The zero-order valence-electron chi connectivity index (χ0n) is 10.6. The number of nitrogens with zero attached hydrogens (tertiary/aromatic N) is 3. The first kappa shape index (κ1) is 13.0. The summed E-state index contributed by atoms with van der Waals surface area (Å²) in [5, 5.41) is 7.21. The Labute approximate surface area is 125 Å². The molecule has 0 atom stereocenters. The lowest BCUT2D eigenvalue weighted by Gasteiger charge is -2.10. The lowest BCUT2D eigenvalue weighted by Crippen LogP contribution is -2.02. The molecule has 0 fully saturated rings. The number of hydrogen-bond donors (Lipinski definition) is 2. The van der Waals surface area contributed by atoms with Gasteiger partial charge in [-0.15, -0.1) is 0 Å². The Balaban J connectivity index is 2.04. The van der Waals surface area contributed by atoms with Crippen LogP contribution in [-0.2, 0) is 0 Å². The minimum atomic E-state index is 0.487. The molecule has 0 bridgehead atoms. The van der Waals surface area contributed by atoms with Crippen molar-refractivity contribution in [1.29, 1.82) is 0 Å². The van der Waals surface area contributed by atoms with Crippen LogP contribution < -0.4 is 10.6 Å². The molecular formula is C13H11Cl2N5. The predicted molar refractivity (Wildman–Crippen MR) is 82.3 cm³/mol. The van der Waals surface area contributed by atoms with Crippen LogP contribution in [0.3, 0.4) is 0 Å². The van der Waals surface area contributed by atoms with E-state index in [0.717, 1.165) is 17.2 Å². The fraction of sp³-hybridized carbons (Fsp3) is 0.0769. The number of nitrogens with one attached hydrogen (secondary N) is 2. The van der Waals surface area contributed by atoms with Crippen molar-refractivity contribution < 1.29 is 0 Å². The number of benzene rings is 1. The summed E-state index contributed by atoms with van der Waals surface area (Å²) in [7, 11) is 1.81. The van der Waals surface area contributed by atoms with Crippen LogP contribution in [0.15, 0.2) is 36.8 Å². The van der Waals surface area contributed by atoms with E-state index >= 15 is 0 Å². The zero-order chi connectivity index (χ0) is 14.1. The number of aromatic nitrogens is 3. The minimum Gasteiger partial charge on any atom is -0.372 e. The third-order valence-electron chi connectivity index (χ3n) is 2.81. The van der Waals surface area contributed by atoms with E-state index < -0.39 is 0 Å². The normalized spacial score (nSPS) is 10.8. The molecule has 2 aromatic heterocycles. The van der Waals surface area contributed by atoms with E-state index in [1.807, 2.05) is 29.9 Å². The second-order valence-electron chi connectivity index (χ2n) is 4.14. The van der Waals surface area contributed by atoms with Crippen molar-refractivity contribution in [2.24, 2.45) is 0 Å². The molecule has 2 N–H and O–H groups in total. The maximum absolute atomic E-state index is 6.01. The molecule has 102 valence electrons. The van der Waals surface area contributed by atoms with E-state index in [-0.39, 0.29) is 0 Å². The Kier molecular flexibility index (Phi) is 3.38. The summed E-state index contributed by atoms with van der Waals surface area (Å²) in [6, 6.07) is 5.31.